The third-order valence-electron chi connectivity index (χ3n) is 4.17. The predicted molar refractivity (Wildman–Crippen MR) is 108 cm³/mol. The Morgan fingerprint density at radius 2 is 1.25 bits per heavy atom. The zero-order valence-corrected chi connectivity index (χ0v) is 17.0. The summed E-state index contributed by atoms with van der Waals surface area (Å²) in [4.78, 5) is 10.9. The SMILES string of the molecule is CC/C=C\C(C)(C)/C=C\C(C)(C)/C=C\CCCCCCCC(C)=O. The smallest absolute Gasteiger partial charge is 0.129 e. The van der Waals surface area contributed by atoms with Crippen LogP contribution in [-0.2, 0) is 4.79 Å². The molecule has 0 bridgehead atoms. The summed E-state index contributed by atoms with van der Waals surface area (Å²) in [5.41, 5.74) is 0.236. The van der Waals surface area contributed by atoms with Crippen LogP contribution in [0.4, 0.5) is 0 Å². The number of rotatable bonds is 13. The van der Waals surface area contributed by atoms with Crippen LogP contribution < -0.4 is 0 Å². The van der Waals surface area contributed by atoms with Crippen molar-refractivity contribution >= 4 is 5.78 Å². The molecule has 0 N–H and O–H groups in total. The third kappa shape index (κ3) is 14.5. The fourth-order valence-corrected chi connectivity index (χ4v) is 2.52. The second kappa shape index (κ2) is 12.3. The van der Waals surface area contributed by atoms with Crippen LogP contribution in [0.1, 0.15) is 92.9 Å². The molecule has 0 saturated heterocycles. The molecule has 0 fully saturated rings. The zero-order valence-electron chi connectivity index (χ0n) is 17.0. The van der Waals surface area contributed by atoms with E-state index in [-0.39, 0.29) is 10.8 Å². The van der Waals surface area contributed by atoms with Crippen LogP contribution in [0, 0.1) is 10.8 Å². The number of unbranched alkanes of at least 4 members (excludes halogenated alkanes) is 5. The lowest BCUT2D eigenvalue weighted by atomic mass is 9.85. The first-order valence-electron chi connectivity index (χ1n) is 9.74. The first-order chi connectivity index (χ1) is 11.2. The number of hydrogen-bond donors (Lipinski definition) is 0. The quantitative estimate of drug-likeness (QED) is 0.253. The average Bonchev–Trinajstić information content (AvgIpc) is 2.49. The van der Waals surface area contributed by atoms with Gasteiger partial charge in [0.1, 0.15) is 5.78 Å². The van der Waals surface area contributed by atoms with Gasteiger partial charge < -0.3 is 4.79 Å². The highest BCUT2D eigenvalue weighted by atomic mass is 16.1. The molecule has 0 spiro atoms. The largest absolute Gasteiger partial charge is 0.300 e. The van der Waals surface area contributed by atoms with Crippen LogP contribution in [0.2, 0.25) is 0 Å². The number of allylic oxidation sites excluding steroid dienone is 6. The van der Waals surface area contributed by atoms with E-state index in [1.807, 2.05) is 0 Å². The van der Waals surface area contributed by atoms with Crippen molar-refractivity contribution in [1.82, 2.24) is 0 Å². The summed E-state index contributed by atoms with van der Waals surface area (Å²) in [7, 11) is 0. The van der Waals surface area contributed by atoms with Gasteiger partial charge in [-0.1, -0.05) is 90.3 Å². The molecule has 138 valence electrons. The third-order valence-corrected chi connectivity index (χ3v) is 4.17. The van der Waals surface area contributed by atoms with Crippen molar-refractivity contribution in [3.05, 3.63) is 36.5 Å². The zero-order chi connectivity index (χ0) is 18.5. The summed E-state index contributed by atoms with van der Waals surface area (Å²) in [6.07, 6.45) is 22.9. The lowest BCUT2D eigenvalue weighted by Crippen LogP contribution is -2.07. The number of ketones is 1. The van der Waals surface area contributed by atoms with Crippen molar-refractivity contribution in [3.8, 4) is 0 Å². The van der Waals surface area contributed by atoms with Crippen LogP contribution in [0.15, 0.2) is 36.5 Å². The van der Waals surface area contributed by atoms with Gasteiger partial charge in [-0.05, 0) is 32.6 Å². The molecule has 0 amide bonds. The van der Waals surface area contributed by atoms with Gasteiger partial charge in [0.25, 0.3) is 0 Å². The highest BCUT2D eigenvalue weighted by Crippen LogP contribution is 2.26. The van der Waals surface area contributed by atoms with E-state index in [0.717, 1.165) is 25.7 Å². The maximum Gasteiger partial charge on any atom is 0.129 e. The van der Waals surface area contributed by atoms with E-state index in [4.69, 9.17) is 0 Å². The standard InChI is InChI=1S/C23H40O/c1-7-8-17-22(3,4)19-20-23(5,6)18-15-13-11-9-10-12-14-16-21(2)24/h8,15,17-20H,7,9-14,16H2,1-6H3/b17-8-,18-15-,20-19-. The molecule has 1 nitrogen and oxygen atoms in total. The van der Waals surface area contributed by atoms with Crippen molar-refractivity contribution in [2.45, 2.75) is 92.9 Å². The van der Waals surface area contributed by atoms with Gasteiger partial charge in [-0.25, -0.2) is 0 Å². The summed E-state index contributed by atoms with van der Waals surface area (Å²) in [6, 6.07) is 0. The van der Waals surface area contributed by atoms with E-state index in [2.05, 4.69) is 71.1 Å². The molecule has 0 aromatic rings. The topological polar surface area (TPSA) is 17.1 Å². The van der Waals surface area contributed by atoms with Crippen LogP contribution in [0.25, 0.3) is 0 Å². The maximum absolute atomic E-state index is 10.9. The normalized spacial score (nSPS) is 13.6. The van der Waals surface area contributed by atoms with Crippen LogP contribution in [0.5, 0.6) is 0 Å². The molecule has 1 heteroatoms. The van der Waals surface area contributed by atoms with Gasteiger partial charge >= 0.3 is 0 Å². The van der Waals surface area contributed by atoms with Crippen LogP contribution in [-0.4, -0.2) is 5.78 Å². The Balaban J connectivity index is 4.02. The summed E-state index contributed by atoms with van der Waals surface area (Å²) in [6.45, 7) is 12.9. The number of hydrogen-bond acceptors (Lipinski definition) is 1. The number of carbonyl (C=O) groups excluding carboxylic acids is 1. The summed E-state index contributed by atoms with van der Waals surface area (Å²) in [5, 5.41) is 0. The first kappa shape index (κ1) is 22.9. The molecule has 0 aromatic heterocycles. The number of Topliss-reactive ketones (excluding diaryl/α,β-unsaturated/α-hetero) is 1. The lowest BCUT2D eigenvalue weighted by Gasteiger charge is -2.20. The highest BCUT2D eigenvalue weighted by Gasteiger charge is 2.13. The van der Waals surface area contributed by atoms with Crippen molar-refractivity contribution < 1.29 is 4.79 Å². The van der Waals surface area contributed by atoms with Crippen molar-refractivity contribution in [2.75, 3.05) is 0 Å². The Hall–Kier alpha value is -1.11. The molecule has 0 unspecified atom stereocenters. The fourth-order valence-electron chi connectivity index (χ4n) is 2.52. The van der Waals surface area contributed by atoms with E-state index in [9.17, 15) is 4.79 Å². The van der Waals surface area contributed by atoms with Gasteiger partial charge in [0.2, 0.25) is 0 Å². The molecule has 0 aliphatic heterocycles. The van der Waals surface area contributed by atoms with Gasteiger partial charge in [-0.2, -0.15) is 0 Å². The number of carbonyl (C=O) groups is 1. The second-order valence-electron chi connectivity index (χ2n) is 8.20. The Labute approximate surface area is 151 Å². The average molecular weight is 333 g/mol. The lowest BCUT2D eigenvalue weighted by molar-refractivity contribution is -0.117. The van der Waals surface area contributed by atoms with E-state index in [0.29, 0.717) is 5.78 Å². The molecule has 0 radical (unpaired) electrons. The van der Waals surface area contributed by atoms with Crippen molar-refractivity contribution in [2.24, 2.45) is 10.8 Å². The van der Waals surface area contributed by atoms with E-state index >= 15 is 0 Å². The monoisotopic (exact) mass is 332 g/mol. The molecule has 0 saturated carbocycles. The fraction of sp³-hybridized carbons (Fsp3) is 0.696. The van der Waals surface area contributed by atoms with E-state index in [1.165, 1.54) is 25.7 Å². The minimum absolute atomic E-state index is 0.110. The molecule has 0 heterocycles. The van der Waals surface area contributed by atoms with Gasteiger partial charge in [0.05, 0.1) is 0 Å². The Morgan fingerprint density at radius 3 is 1.79 bits per heavy atom. The minimum atomic E-state index is 0.110. The molecule has 24 heavy (non-hydrogen) atoms. The van der Waals surface area contributed by atoms with Gasteiger partial charge in [-0.3, -0.25) is 0 Å². The van der Waals surface area contributed by atoms with Gasteiger partial charge in [0.15, 0.2) is 0 Å². The Morgan fingerprint density at radius 1 is 0.750 bits per heavy atom. The van der Waals surface area contributed by atoms with Crippen LogP contribution >= 0.6 is 0 Å². The molecular weight excluding hydrogens is 292 g/mol. The molecule has 0 atom stereocenters. The van der Waals surface area contributed by atoms with Crippen molar-refractivity contribution in [3.63, 3.8) is 0 Å². The molecule has 0 rings (SSSR count). The molecular formula is C23H40O. The van der Waals surface area contributed by atoms with Gasteiger partial charge in [-0.15, -0.1) is 0 Å². The molecule has 0 aliphatic carbocycles. The summed E-state index contributed by atoms with van der Waals surface area (Å²) < 4.78 is 0. The van der Waals surface area contributed by atoms with Gasteiger partial charge in [0, 0.05) is 17.3 Å². The molecule has 0 aliphatic rings. The highest BCUT2D eigenvalue weighted by molar-refractivity contribution is 5.75. The van der Waals surface area contributed by atoms with E-state index < -0.39 is 0 Å². The van der Waals surface area contributed by atoms with Crippen LogP contribution in [0.3, 0.4) is 0 Å². The van der Waals surface area contributed by atoms with Crippen molar-refractivity contribution in [1.29, 1.82) is 0 Å². The summed E-state index contributed by atoms with van der Waals surface area (Å²) >= 11 is 0. The summed E-state index contributed by atoms with van der Waals surface area (Å²) in [5.74, 6) is 0.321. The molecule has 0 aromatic carbocycles. The maximum atomic E-state index is 10.9. The Bertz CT molecular complexity index is 421. The van der Waals surface area contributed by atoms with E-state index in [1.54, 1.807) is 6.92 Å². The minimum Gasteiger partial charge on any atom is -0.300 e. The first-order valence-corrected chi connectivity index (χ1v) is 9.74. The predicted octanol–water partition coefficient (Wildman–Crippen LogP) is 7.44. The second-order valence-corrected chi connectivity index (χ2v) is 8.20. The Kier molecular flexibility index (Phi) is 11.7.